The van der Waals surface area contributed by atoms with Gasteiger partial charge >= 0.3 is 6.18 Å². The molecule has 0 saturated heterocycles. The molecule has 0 aliphatic carbocycles. The zero-order valence-electron chi connectivity index (χ0n) is 16.9. The Kier molecular flexibility index (Phi) is 7.43. The highest BCUT2D eigenvalue weighted by Crippen LogP contribution is 2.31. The molecule has 0 radical (unpaired) electrons. The van der Waals surface area contributed by atoms with Gasteiger partial charge in [-0.15, -0.1) is 0 Å². The number of carbonyl (C=O) groups excluding carboxylic acids is 2. The number of benzene rings is 2. The van der Waals surface area contributed by atoms with E-state index >= 15 is 0 Å². The summed E-state index contributed by atoms with van der Waals surface area (Å²) in [7, 11) is 0. The second-order valence-corrected chi connectivity index (χ2v) is 6.89. The number of anilines is 2. The van der Waals surface area contributed by atoms with Gasteiger partial charge in [-0.1, -0.05) is 18.2 Å². The van der Waals surface area contributed by atoms with Crippen molar-refractivity contribution in [3.8, 4) is 0 Å². The van der Waals surface area contributed by atoms with Gasteiger partial charge in [-0.2, -0.15) is 13.2 Å². The molecule has 0 aliphatic rings. The van der Waals surface area contributed by atoms with Crippen molar-refractivity contribution < 1.29 is 22.8 Å². The number of para-hydroxylation sites is 1. The number of nitrogens with one attached hydrogen (secondary N) is 3. The SMILES string of the molecule is O=C(CCNC(=O)c1ccccc1Nc1cccc(C(F)(F)F)c1)NCc1ccncc1. The monoisotopic (exact) mass is 442 g/mol. The molecule has 2 aromatic carbocycles. The van der Waals surface area contributed by atoms with Crippen LogP contribution in [0.15, 0.2) is 73.1 Å². The maximum atomic E-state index is 12.9. The quantitative estimate of drug-likeness (QED) is 0.486. The van der Waals surface area contributed by atoms with Gasteiger partial charge in [0.15, 0.2) is 0 Å². The molecule has 3 N–H and O–H groups in total. The fourth-order valence-electron chi connectivity index (χ4n) is 2.89. The van der Waals surface area contributed by atoms with E-state index in [0.29, 0.717) is 12.2 Å². The highest BCUT2D eigenvalue weighted by atomic mass is 19.4. The number of halogens is 3. The largest absolute Gasteiger partial charge is 0.416 e. The molecule has 3 aromatic rings. The predicted octanol–water partition coefficient (Wildman–Crippen LogP) is 4.28. The van der Waals surface area contributed by atoms with Crippen LogP contribution in [0.1, 0.15) is 27.9 Å². The maximum absolute atomic E-state index is 12.9. The Morgan fingerprint density at radius 2 is 1.66 bits per heavy atom. The van der Waals surface area contributed by atoms with E-state index in [4.69, 9.17) is 0 Å². The molecule has 0 bridgehead atoms. The van der Waals surface area contributed by atoms with Crippen LogP contribution in [0, 0.1) is 0 Å². The second-order valence-electron chi connectivity index (χ2n) is 6.89. The predicted molar refractivity (Wildman–Crippen MR) is 114 cm³/mol. The third-order valence-corrected chi connectivity index (χ3v) is 4.52. The third kappa shape index (κ3) is 6.56. The first-order valence-electron chi connectivity index (χ1n) is 9.80. The van der Waals surface area contributed by atoms with Crippen molar-refractivity contribution in [2.45, 2.75) is 19.1 Å². The summed E-state index contributed by atoms with van der Waals surface area (Å²) in [5.41, 5.74) is 0.929. The summed E-state index contributed by atoms with van der Waals surface area (Å²) in [4.78, 5) is 28.4. The standard InChI is InChI=1S/C23H21F3N4O2/c24-23(25,26)17-4-3-5-18(14-17)30-20-7-2-1-6-19(20)22(32)28-13-10-21(31)29-15-16-8-11-27-12-9-16/h1-9,11-12,14,30H,10,13,15H2,(H,28,32)(H,29,31). The number of hydrogen-bond acceptors (Lipinski definition) is 4. The lowest BCUT2D eigenvalue weighted by atomic mass is 10.1. The average Bonchev–Trinajstić information content (AvgIpc) is 2.78. The van der Waals surface area contributed by atoms with Gasteiger partial charge in [-0.05, 0) is 48.0 Å². The molecule has 2 amide bonds. The van der Waals surface area contributed by atoms with Crippen LogP contribution < -0.4 is 16.0 Å². The van der Waals surface area contributed by atoms with Gasteiger partial charge in [0.2, 0.25) is 5.91 Å². The van der Waals surface area contributed by atoms with Crippen molar-refractivity contribution in [3.05, 3.63) is 89.7 Å². The van der Waals surface area contributed by atoms with Crippen molar-refractivity contribution in [1.82, 2.24) is 15.6 Å². The Hall–Kier alpha value is -3.88. The summed E-state index contributed by atoms with van der Waals surface area (Å²) >= 11 is 0. The van der Waals surface area contributed by atoms with E-state index in [1.807, 2.05) is 0 Å². The maximum Gasteiger partial charge on any atom is 0.416 e. The van der Waals surface area contributed by atoms with Crippen LogP contribution in [-0.2, 0) is 17.5 Å². The van der Waals surface area contributed by atoms with E-state index in [9.17, 15) is 22.8 Å². The topological polar surface area (TPSA) is 83.1 Å². The Balaban J connectivity index is 1.56. The number of nitrogens with zero attached hydrogens (tertiary/aromatic N) is 1. The highest BCUT2D eigenvalue weighted by Gasteiger charge is 2.30. The first-order chi connectivity index (χ1) is 15.3. The van der Waals surface area contributed by atoms with E-state index in [-0.39, 0.29) is 30.1 Å². The van der Waals surface area contributed by atoms with E-state index in [2.05, 4.69) is 20.9 Å². The van der Waals surface area contributed by atoms with Crippen molar-refractivity contribution in [1.29, 1.82) is 0 Å². The van der Waals surface area contributed by atoms with Crippen LogP contribution in [0.2, 0.25) is 0 Å². The molecule has 0 aliphatic heterocycles. The Bertz CT molecular complexity index is 1070. The Labute approximate surface area is 182 Å². The van der Waals surface area contributed by atoms with Gasteiger partial charge < -0.3 is 16.0 Å². The summed E-state index contributed by atoms with van der Waals surface area (Å²) in [6.07, 6.45) is -1.12. The van der Waals surface area contributed by atoms with Crippen molar-refractivity contribution in [2.24, 2.45) is 0 Å². The van der Waals surface area contributed by atoms with Crippen molar-refractivity contribution in [3.63, 3.8) is 0 Å². The number of carbonyl (C=O) groups is 2. The third-order valence-electron chi connectivity index (χ3n) is 4.52. The Morgan fingerprint density at radius 1 is 0.906 bits per heavy atom. The number of pyridine rings is 1. The lowest BCUT2D eigenvalue weighted by molar-refractivity contribution is -0.137. The summed E-state index contributed by atoms with van der Waals surface area (Å²) in [6.45, 7) is 0.470. The lowest BCUT2D eigenvalue weighted by Gasteiger charge is -2.14. The van der Waals surface area contributed by atoms with E-state index < -0.39 is 17.6 Å². The molecule has 166 valence electrons. The molecule has 0 spiro atoms. The molecule has 3 rings (SSSR count). The lowest BCUT2D eigenvalue weighted by Crippen LogP contribution is -2.30. The van der Waals surface area contributed by atoms with Crippen LogP contribution in [-0.4, -0.2) is 23.3 Å². The second kappa shape index (κ2) is 10.4. The minimum Gasteiger partial charge on any atom is -0.355 e. The van der Waals surface area contributed by atoms with Crippen molar-refractivity contribution >= 4 is 23.2 Å². The van der Waals surface area contributed by atoms with Crippen molar-refractivity contribution in [2.75, 3.05) is 11.9 Å². The summed E-state index contributed by atoms with van der Waals surface area (Å²) in [5, 5.41) is 8.27. The average molecular weight is 442 g/mol. The molecule has 1 heterocycles. The molecule has 0 atom stereocenters. The minimum absolute atomic E-state index is 0.0834. The minimum atomic E-state index is -4.47. The first kappa shape index (κ1) is 22.8. The molecule has 9 heteroatoms. The van der Waals surface area contributed by atoms with Gasteiger partial charge in [0.1, 0.15) is 0 Å². The van der Waals surface area contributed by atoms with Crippen LogP contribution in [0.3, 0.4) is 0 Å². The first-order valence-corrected chi connectivity index (χ1v) is 9.80. The molecule has 0 saturated carbocycles. The zero-order chi connectivity index (χ0) is 23.0. The highest BCUT2D eigenvalue weighted by molar-refractivity contribution is 6.00. The molecule has 0 unspecified atom stereocenters. The van der Waals surface area contributed by atoms with Gasteiger partial charge in [0.05, 0.1) is 16.8 Å². The smallest absolute Gasteiger partial charge is 0.355 e. The summed E-state index contributed by atoms with van der Waals surface area (Å²) in [6, 6.07) is 14.8. The van der Waals surface area contributed by atoms with Crippen LogP contribution >= 0.6 is 0 Å². The van der Waals surface area contributed by atoms with E-state index in [1.165, 1.54) is 12.1 Å². The van der Waals surface area contributed by atoms with E-state index in [0.717, 1.165) is 17.7 Å². The molecule has 1 aromatic heterocycles. The van der Waals surface area contributed by atoms with Gasteiger partial charge in [0.25, 0.3) is 5.91 Å². The Morgan fingerprint density at radius 3 is 2.41 bits per heavy atom. The normalized spacial score (nSPS) is 11.0. The molecule has 0 fully saturated rings. The molecular weight excluding hydrogens is 421 g/mol. The van der Waals surface area contributed by atoms with Crippen LogP contribution in [0.25, 0.3) is 0 Å². The summed E-state index contributed by atoms with van der Waals surface area (Å²) in [5.74, 6) is -0.667. The van der Waals surface area contributed by atoms with Gasteiger partial charge in [-0.3, -0.25) is 14.6 Å². The van der Waals surface area contributed by atoms with Crippen LogP contribution in [0.4, 0.5) is 24.5 Å². The fourth-order valence-corrected chi connectivity index (χ4v) is 2.89. The number of aromatic nitrogens is 1. The number of hydrogen-bond donors (Lipinski definition) is 3. The van der Waals surface area contributed by atoms with Gasteiger partial charge in [-0.25, -0.2) is 0 Å². The molecule has 32 heavy (non-hydrogen) atoms. The van der Waals surface area contributed by atoms with Gasteiger partial charge in [0, 0.05) is 37.6 Å². The summed E-state index contributed by atoms with van der Waals surface area (Å²) < 4.78 is 38.8. The number of rotatable bonds is 8. The number of alkyl halides is 3. The fraction of sp³-hybridized carbons (Fsp3) is 0.174. The number of amides is 2. The van der Waals surface area contributed by atoms with Crippen LogP contribution in [0.5, 0.6) is 0 Å². The molecule has 6 nitrogen and oxygen atoms in total. The zero-order valence-corrected chi connectivity index (χ0v) is 16.9. The molecular formula is C23H21F3N4O2. The van der Waals surface area contributed by atoms with E-state index in [1.54, 1.807) is 48.8 Å².